The molecule has 0 bridgehead atoms. The number of imidazole rings is 2. The third-order valence-electron chi connectivity index (χ3n) is 4.11. The van der Waals surface area contributed by atoms with Gasteiger partial charge in [-0.2, -0.15) is 0 Å². The Morgan fingerprint density at radius 2 is 1.96 bits per heavy atom. The van der Waals surface area contributed by atoms with Gasteiger partial charge in [-0.25, -0.2) is 9.97 Å². The highest BCUT2D eigenvalue weighted by molar-refractivity contribution is 6.17. The number of fused-ring (bicyclic) bond motifs is 2. The molecule has 4 aromatic rings. The Bertz CT molecular complexity index is 950. The molecule has 0 aliphatic carbocycles. The van der Waals surface area contributed by atoms with Crippen molar-refractivity contribution in [2.75, 3.05) is 0 Å². The fourth-order valence-electron chi connectivity index (χ4n) is 2.98. The molecule has 116 valence electrons. The molecule has 1 N–H and O–H groups in total. The molecular formula is C18H17ClN4. The van der Waals surface area contributed by atoms with Crippen LogP contribution in [0.4, 0.5) is 0 Å². The molecule has 0 amide bonds. The Labute approximate surface area is 139 Å². The van der Waals surface area contributed by atoms with Crippen LogP contribution in [0.2, 0.25) is 0 Å². The van der Waals surface area contributed by atoms with Crippen molar-refractivity contribution in [3.8, 4) is 0 Å². The van der Waals surface area contributed by atoms with Gasteiger partial charge in [0.15, 0.2) is 0 Å². The van der Waals surface area contributed by atoms with Crippen molar-refractivity contribution in [2.24, 2.45) is 0 Å². The van der Waals surface area contributed by atoms with E-state index >= 15 is 0 Å². The maximum absolute atomic E-state index is 5.93. The molecular weight excluding hydrogens is 308 g/mol. The first-order chi connectivity index (χ1) is 11.3. The number of hydrogen-bond acceptors (Lipinski definition) is 2. The number of aryl methyl sites for hydroxylation is 1. The van der Waals surface area contributed by atoms with Crippen LogP contribution in [0.1, 0.15) is 24.1 Å². The maximum atomic E-state index is 5.93. The van der Waals surface area contributed by atoms with Crippen LogP contribution in [-0.2, 0) is 18.8 Å². The molecule has 2 aromatic carbocycles. The van der Waals surface area contributed by atoms with Crippen LogP contribution in [0.25, 0.3) is 22.1 Å². The third-order valence-corrected chi connectivity index (χ3v) is 4.42. The Morgan fingerprint density at radius 3 is 2.74 bits per heavy atom. The maximum Gasteiger partial charge on any atom is 0.127 e. The van der Waals surface area contributed by atoms with E-state index in [1.807, 2.05) is 24.3 Å². The summed E-state index contributed by atoms with van der Waals surface area (Å²) < 4.78 is 2.23. The standard InChI is InChI=1S/C18H17ClN4/c1-2-18-22-15-9-12(10-19)7-8-16(15)23(18)11-17-20-13-5-3-4-6-14(13)21-17/h3-9H,2,10-11H2,1H3,(H,20,21). The lowest BCUT2D eigenvalue weighted by atomic mass is 10.2. The molecule has 2 heterocycles. The average Bonchev–Trinajstić information content (AvgIpc) is 3.15. The number of rotatable bonds is 4. The van der Waals surface area contributed by atoms with Crippen molar-refractivity contribution >= 4 is 33.7 Å². The van der Waals surface area contributed by atoms with Gasteiger partial charge in [-0.05, 0) is 29.8 Å². The predicted molar refractivity (Wildman–Crippen MR) is 93.9 cm³/mol. The lowest BCUT2D eigenvalue weighted by Crippen LogP contribution is -2.05. The molecule has 0 radical (unpaired) electrons. The first kappa shape index (κ1) is 14.3. The highest BCUT2D eigenvalue weighted by Gasteiger charge is 2.12. The number of H-pyrrole nitrogens is 1. The van der Waals surface area contributed by atoms with Crippen molar-refractivity contribution in [3.63, 3.8) is 0 Å². The number of benzene rings is 2. The van der Waals surface area contributed by atoms with E-state index in [0.717, 1.165) is 45.7 Å². The minimum Gasteiger partial charge on any atom is -0.340 e. The molecule has 0 spiro atoms. The molecule has 0 saturated heterocycles. The highest BCUT2D eigenvalue weighted by atomic mass is 35.5. The molecule has 0 aliphatic heterocycles. The lowest BCUT2D eigenvalue weighted by Gasteiger charge is -2.06. The highest BCUT2D eigenvalue weighted by Crippen LogP contribution is 2.21. The van der Waals surface area contributed by atoms with Gasteiger partial charge in [0.05, 0.1) is 28.6 Å². The van der Waals surface area contributed by atoms with E-state index < -0.39 is 0 Å². The summed E-state index contributed by atoms with van der Waals surface area (Å²) in [6, 6.07) is 14.3. The summed E-state index contributed by atoms with van der Waals surface area (Å²) in [4.78, 5) is 12.8. The summed E-state index contributed by atoms with van der Waals surface area (Å²) in [6.07, 6.45) is 0.880. The summed E-state index contributed by atoms with van der Waals surface area (Å²) in [5.41, 5.74) is 5.27. The van der Waals surface area contributed by atoms with Crippen molar-refractivity contribution in [2.45, 2.75) is 25.8 Å². The molecule has 0 unspecified atom stereocenters. The van der Waals surface area contributed by atoms with Crippen molar-refractivity contribution in [1.82, 2.24) is 19.5 Å². The van der Waals surface area contributed by atoms with Gasteiger partial charge in [0.2, 0.25) is 0 Å². The van der Waals surface area contributed by atoms with Crippen LogP contribution >= 0.6 is 11.6 Å². The summed E-state index contributed by atoms with van der Waals surface area (Å²) in [5, 5.41) is 0. The summed E-state index contributed by atoms with van der Waals surface area (Å²) in [7, 11) is 0. The van der Waals surface area contributed by atoms with Gasteiger partial charge >= 0.3 is 0 Å². The summed E-state index contributed by atoms with van der Waals surface area (Å²) in [5.74, 6) is 2.52. The molecule has 4 rings (SSSR count). The van der Waals surface area contributed by atoms with Crippen LogP contribution in [-0.4, -0.2) is 19.5 Å². The van der Waals surface area contributed by atoms with Gasteiger partial charge in [-0.1, -0.05) is 25.1 Å². The zero-order valence-electron chi connectivity index (χ0n) is 12.9. The lowest BCUT2D eigenvalue weighted by molar-refractivity contribution is 0.725. The van der Waals surface area contributed by atoms with Crippen LogP contribution in [0.3, 0.4) is 0 Å². The minimum atomic E-state index is 0.508. The van der Waals surface area contributed by atoms with Gasteiger partial charge in [0, 0.05) is 12.3 Å². The first-order valence-corrected chi connectivity index (χ1v) is 8.29. The molecule has 0 atom stereocenters. The topological polar surface area (TPSA) is 46.5 Å². The van der Waals surface area contributed by atoms with Crippen molar-refractivity contribution in [1.29, 1.82) is 0 Å². The Balaban J connectivity index is 1.80. The number of hydrogen-bond donors (Lipinski definition) is 1. The van der Waals surface area contributed by atoms with Gasteiger partial charge in [0.25, 0.3) is 0 Å². The SMILES string of the molecule is CCc1nc2cc(CCl)ccc2n1Cc1nc2ccccc2[nH]1. The molecule has 2 aromatic heterocycles. The second-order valence-corrected chi connectivity index (χ2v) is 5.89. The molecule has 0 fully saturated rings. The Morgan fingerprint density at radius 1 is 1.09 bits per heavy atom. The van der Waals surface area contributed by atoms with E-state index in [-0.39, 0.29) is 0 Å². The van der Waals surface area contributed by atoms with E-state index in [1.165, 1.54) is 0 Å². The van der Waals surface area contributed by atoms with Crippen molar-refractivity contribution < 1.29 is 0 Å². The van der Waals surface area contributed by atoms with E-state index in [0.29, 0.717) is 12.4 Å². The summed E-state index contributed by atoms with van der Waals surface area (Å²) >= 11 is 5.93. The van der Waals surface area contributed by atoms with Crippen LogP contribution < -0.4 is 0 Å². The number of nitrogens with zero attached hydrogens (tertiary/aromatic N) is 3. The fourth-order valence-corrected chi connectivity index (χ4v) is 3.15. The molecule has 4 nitrogen and oxygen atoms in total. The quantitative estimate of drug-likeness (QED) is 0.570. The van der Waals surface area contributed by atoms with Gasteiger partial charge in [0.1, 0.15) is 11.6 Å². The average molecular weight is 325 g/mol. The van der Waals surface area contributed by atoms with E-state index in [1.54, 1.807) is 0 Å². The van der Waals surface area contributed by atoms with E-state index in [9.17, 15) is 0 Å². The minimum absolute atomic E-state index is 0.508. The van der Waals surface area contributed by atoms with E-state index in [2.05, 4.69) is 39.7 Å². The Hall–Kier alpha value is -2.33. The zero-order chi connectivity index (χ0) is 15.8. The van der Waals surface area contributed by atoms with Crippen molar-refractivity contribution in [3.05, 3.63) is 59.7 Å². The van der Waals surface area contributed by atoms with Crippen LogP contribution in [0.15, 0.2) is 42.5 Å². The van der Waals surface area contributed by atoms with Crippen LogP contribution in [0.5, 0.6) is 0 Å². The molecule has 0 saturated carbocycles. The second-order valence-electron chi connectivity index (χ2n) is 5.63. The van der Waals surface area contributed by atoms with Gasteiger partial charge in [-0.15, -0.1) is 11.6 Å². The number of para-hydroxylation sites is 2. The number of halogens is 1. The van der Waals surface area contributed by atoms with Crippen LogP contribution in [0, 0.1) is 0 Å². The molecule has 0 aliphatic rings. The monoisotopic (exact) mass is 324 g/mol. The zero-order valence-corrected chi connectivity index (χ0v) is 13.6. The number of nitrogens with one attached hydrogen (secondary N) is 1. The van der Waals surface area contributed by atoms with Gasteiger partial charge in [-0.3, -0.25) is 0 Å². The fraction of sp³-hybridized carbons (Fsp3) is 0.222. The third kappa shape index (κ3) is 2.49. The predicted octanol–water partition coefficient (Wildman–Crippen LogP) is 4.26. The number of alkyl halides is 1. The smallest absolute Gasteiger partial charge is 0.127 e. The largest absolute Gasteiger partial charge is 0.340 e. The Kier molecular flexibility index (Phi) is 3.54. The number of aromatic amines is 1. The first-order valence-electron chi connectivity index (χ1n) is 7.76. The number of aromatic nitrogens is 4. The normalized spacial score (nSPS) is 11.6. The summed E-state index contributed by atoms with van der Waals surface area (Å²) in [6.45, 7) is 2.81. The second kappa shape index (κ2) is 5.70. The molecule has 5 heteroatoms. The van der Waals surface area contributed by atoms with Gasteiger partial charge < -0.3 is 9.55 Å². The molecule has 23 heavy (non-hydrogen) atoms. The van der Waals surface area contributed by atoms with E-state index in [4.69, 9.17) is 16.6 Å².